The summed E-state index contributed by atoms with van der Waals surface area (Å²) in [6.45, 7) is 2.70. The molecular weight excluding hydrogens is 264 g/mol. The quantitative estimate of drug-likeness (QED) is 0.757. The van der Waals surface area contributed by atoms with E-state index in [4.69, 9.17) is 5.14 Å². The highest BCUT2D eigenvalue weighted by Crippen LogP contribution is 2.15. The highest BCUT2D eigenvalue weighted by atomic mass is 32.2. The van der Waals surface area contributed by atoms with Crippen LogP contribution in [0.1, 0.15) is 24.1 Å². The molecule has 0 bridgehead atoms. The minimum absolute atomic E-state index is 0.101. The van der Waals surface area contributed by atoms with Crippen LogP contribution in [-0.2, 0) is 16.6 Å². The third-order valence-corrected chi connectivity index (χ3v) is 3.81. The number of hydrogen-bond donors (Lipinski definition) is 3. The van der Waals surface area contributed by atoms with Crippen molar-refractivity contribution in [2.45, 2.75) is 24.4 Å². The average molecular weight is 280 g/mol. The summed E-state index contributed by atoms with van der Waals surface area (Å²) in [5, 5.41) is 15.0. The Balaban J connectivity index is 2.01. The number of nitrogens with one attached hydrogen (secondary N) is 2. The lowest BCUT2D eigenvalue weighted by Crippen LogP contribution is -2.18. The fourth-order valence-electron chi connectivity index (χ4n) is 1.71. The Hall–Kier alpha value is -1.70. The molecule has 1 heterocycles. The van der Waals surface area contributed by atoms with Crippen LogP contribution >= 0.6 is 0 Å². The molecule has 0 aliphatic carbocycles. The molecule has 0 radical (unpaired) electrons. The van der Waals surface area contributed by atoms with Crippen LogP contribution in [-0.4, -0.2) is 18.6 Å². The van der Waals surface area contributed by atoms with Gasteiger partial charge in [0.1, 0.15) is 0 Å². The minimum Gasteiger partial charge on any atom is -0.306 e. The van der Waals surface area contributed by atoms with E-state index in [-0.39, 0.29) is 10.9 Å². The molecule has 0 spiro atoms. The van der Waals surface area contributed by atoms with Crippen molar-refractivity contribution in [3.63, 3.8) is 0 Å². The van der Waals surface area contributed by atoms with Crippen LogP contribution in [0.4, 0.5) is 0 Å². The minimum atomic E-state index is -3.63. The van der Waals surface area contributed by atoms with Crippen molar-refractivity contribution < 1.29 is 8.42 Å². The summed E-state index contributed by atoms with van der Waals surface area (Å²) in [7, 11) is -3.63. The first-order valence-electron chi connectivity index (χ1n) is 5.80. The first-order chi connectivity index (χ1) is 8.97. The highest BCUT2D eigenvalue weighted by Gasteiger charge is 2.09. The lowest BCUT2D eigenvalue weighted by atomic mass is 10.1. The molecule has 1 aromatic heterocycles. The second-order valence-corrected chi connectivity index (χ2v) is 5.88. The summed E-state index contributed by atoms with van der Waals surface area (Å²) in [6.07, 6.45) is 3.58. The van der Waals surface area contributed by atoms with E-state index in [9.17, 15) is 8.42 Å². The predicted octanol–water partition coefficient (Wildman–Crippen LogP) is 0.908. The zero-order valence-corrected chi connectivity index (χ0v) is 11.3. The molecule has 0 amide bonds. The van der Waals surface area contributed by atoms with Gasteiger partial charge in [0.05, 0.1) is 11.1 Å². The molecule has 0 aliphatic heterocycles. The van der Waals surface area contributed by atoms with E-state index < -0.39 is 10.0 Å². The average Bonchev–Trinajstić information content (AvgIpc) is 2.88. The van der Waals surface area contributed by atoms with E-state index in [1.807, 2.05) is 13.1 Å². The molecule has 102 valence electrons. The third-order valence-electron chi connectivity index (χ3n) is 2.88. The van der Waals surface area contributed by atoms with E-state index in [0.29, 0.717) is 6.54 Å². The maximum absolute atomic E-state index is 11.1. The van der Waals surface area contributed by atoms with Crippen molar-refractivity contribution in [3.8, 4) is 0 Å². The molecule has 1 aromatic carbocycles. The maximum Gasteiger partial charge on any atom is 0.238 e. The van der Waals surface area contributed by atoms with Gasteiger partial charge in [0.15, 0.2) is 0 Å². The number of nitrogens with zero attached hydrogens (tertiary/aromatic N) is 1. The predicted molar refractivity (Wildman–Crippen MR) is 71.7 cm³/mol. The Morgan fingerprint density at radius 2 is 2.05 bits per heavy atom. The normalized spacial score (nSPS) is 13.4. The van der Waals surface area contributed by atoms with Gasteiger partial charge in [-0.25, -0.2) is 13.6 Å². The van der Waals surface area contributed by atoms with Gasteiger partial charge in [0.2, 0.25) is 10.0 Å². The van der Waals surface area contributed by atoms with E-state index in [1.54, 1.807) is 18.3 Å². The molecule has 2 aromatic rings. The van der Waals surface area contributed by atoms with Crippen molar-refractivity contribution in [1.82, 2.24) is 15.5 Å². The Labute approximate surface area is 112 Å². The topological polar surface area (TPSA) is 101 Å². The van der Waals surface area contributed by atoms with Crippen LogP contribution in [0, 0.1) is 0 Å². The number of hydrogen-bond acceptors (Lipinski definition) is 4. The maximum atomic E-state index is 11.1. The largest absolute Gasteiger partial charge is 0.306 e. The van der Waals surface area contributed by atoms with Crippen LogP contribution in [0.5, 0.6) is 0 Å². The van der Waals surface area contributed by atoms with E-state index >= 15 is 0 Å². The Bertz CT molecular complexity index is 620. The van der Waals surface area contributed by atoms with Gasteiger partial charge in [0, 0.05) is 24.3 Å². The van der Waals surface area contributed by atoms with E-state index in [2.05, 4.69) is 15.5 Å². The molecular formula is C12H16N4O2S. The number of benzene rings is 1. The summed E-state index contributed by atoms with van der Waals surface area (Å²) in [4.78, 5) is 0.123. The smallest absolute Gasteiger partial charge is 0.238 e. The zero-order valence-electron chi connectivity index (χ0n) is 10.5. The summed E-state index contributed by atoms with van der Waals surface area (Å²) >= 11 is 0. The molecule has 7 heteroatoms. The van der Waals surface area contributed by atoms with Crippen LogP contribution in [0.25, 0.3) is 0 Å². The summed E-state index contributed by atoms with van der Waals surface area (Å²) in [6, 6.07) is 6.64. The first-order valence-corrected chi connectivity index (χ1v) is 7.35. The van der Waals surface area contributed by atoms with Crippen molar-refractivity contribution in [3.05, 3.63) is 47.8 Å². The van der Waals surface area contributed by atoms with Gasteiger partial charge in [-0.3, -0.25) is 5.10 Å². The van der Waals surface area contributed by atoms with Gasteiger partial charge in [-0.15, -0.1) is 0 Å². The molecule has 19 heavy (non-hydrogen) atoms. The number of H-pyrrole nitrogens is 1. The van der Waals surface area contributed by atoms with Crippen LogP contribution in [0.3, 0.4) is 0 Å². The summed E-state index contributed by atoms with van der Waals surface area (Å²) in [5.74, 6) is 0. The lowest BCUT2D eigenvalue weighted by molar-refractivity contribution is 0.574. The molecule has 0 saturated carbocycles. The molecule has 6 nitrogen and oxygen atoms in total. The van der Waals surface area contributed by atoms with Gasteiger partial charge < -0.3 is 5.32 Å². The fourth-order valence-corrected chi connectivity index (χ4v) is 2.22. The monoisotopic (exact) mass is 280 g/mol. The van der Waals surface area contributed by atoms with Crippen molar-refractivity contribution in [2.75, 3.05) is 0 Å². The number of primary sulfonamides is 1. The summed E-state index contributed by atoms with van der Waals surface area (Å²) in [5.41, 5.74) is 2.06. The highest BCUT2D eigenvalue weighted by molar-refractivity contribution is 7.89. The Morgan fingerprint density at radius 1 is 1.37 bits per heavy atom. The molecule has 0 saturated heterocycles. The zero-order chi connectivity index (χ0) is 13.9. The SMILES string of the molecule is CC(NCc1cn[nH]c1)c1ccc(S(N)(=O)=O)cc1. The van der Waals surface area contributed by atoms with Crippen LogP contribution < -0.4 is 10.5 Å². The Morgan fingerprint density at radius 3 is 2.58 bits per heavy atom. The number of nitrogens with two attached hydrogens (primary N) is 1. The van der Waals surface area contributed by atoms with Gasteiger partial charge >= 0.3 is 0 Å². The number of aromatic nitrogens is 2. The molecule has 0 fully saturated rings. The lowest BCUT2D eigenvalue weighted by Gasteiger charge is -2.13. The second-order valence-electron chi connectivity index (χ2n) is 4.32. The molecule has 2 rings (SSSR count). The molecule has 1 atom stereocenters. The van der Waals surface area contributed by atoms with Gasteiger partial charge in [-0.05, 0) is 24.6 Å². The number of sulfonamides is 1. The second kappa shape index (κ2) is 5.52. The van der Waals surface area contributed by atoms with Crippen molar-refractivity contribution in [2.24, 2.45) is 5.14 Å². The van der Waals surface area contributed by atoms with E-state index in [1.165, 1.54) is 12.1 Å². The third kappa shape index (κ3) is 3.63. The van der Waals surface area contributed by atoms with Gasteiger partial charge in [-0.1, -0.05) is 12.1 Å². The molecule has 0 aliphatic rings. The fraction of sp³-hybridized carbons (Fsp3) is 0.250. The van der Waals surface area contributed by atoms with Gasteiger partial charge in [-0.2, -0.15) is 5.10 Å². The van der Waals surface area contributed by atoms with Crippen molar-refractivity contribution in [1.29, 1.82) is 0 Å². The standard InChI is InChI=1S/C12H16N4O2S/c1-9(14-6-10-7-15-16-8-10)11-2-4-12(5-3-11)19(13,17)18/h2-5,7-9,14H,6H2,1H3,(H,15,16)(H2,13,17,18). The summed E-state index contributed by atoms with van der Waals surface area (Å²) < 4.78 is 22.3. The molecule has 4 N–H and O–H groups in total. The van der Waals surface area contributed by atoms with Gasteiger partial charge in [0.25, 0.3) is 0 Å². The number of rotatable bonds is 5. The van der Waals surface area contributed by atoms with Crippen molar-refractivity contribution >= 4 is 10.0 Å². The molecule has 1 unspecified atom stereocenters. The van der Waals surface area contributed by atoms with E-state index in [0.717, 1.165) is 11.1 Å². The first kappa shape index (κ1) is 13.7. The van der Waals surface area contributed by atoms with Crippen LogP contribution in [0.2, 0.25) is 0 Å². The Kier molecular flexibility index (Phi) is 3.98. The van der Waals surface area contributed by atoms with Crippen LogP contribution in [0.15, 0.2) is 41.6 Å². The number of aromatic amines is 1.